The highest BCUT2D eigenvalue weighted by atomic mass is 19.3. The first-order valence-electron chi connectivity index (χ1n) is 4.71. The van der Waals surface area contributed by atoms with Crippen molar-refractivity contribution in [2.75, 3.05) is 7.05 Å². The monoisotopic (exact) mass is 203 g/mol. The summed E-state index contributed by atoms with van der Waals surface area (Å²) in [6, 6.07) is -0.788. The van der Waals surface area contributed by atoms with Gasteiger partial charge in [-0.2, -0.15) is 0 Å². The maximum atomic E-state index is 13.0. The molecule has 0 saturated carbocycles. The minimum absolute atomic E-state index is 0.788. The van der Waals surface area contributed by atoms with Gasteiger partial charge in [0, 0.05) is 19.7 Å². The summed E-state index contributed by atoms with van der Waals surface area (Å²) in [6.45, 7) is 6.17. The lowest BCUT2D eigenvalue weighted by molar-refractivity contribution is -0.0429. The zero-order valence-electron chi connectivity index (χ0n) is 9.51. The van der Waals surface area contributed by atoms with Crippen LogP contribution in [-0.4, -0.2) is 23.9 Å². The topological polar surface area (TPSA) is 3.24 Å². The lowest BCUT2D eigenvalue weighted by atomic mass is 10.1. The van der Waals surface area contributed by atoms with Crippen LogP contribution in [0.1, 0.15) is 27.7 Å². The minimum Gasteiger partial charge on any atom is -0.369 e. The number of halogens is 2. The van der Waals surface area contributed by atoms with E-state index in [4.69, 9.17) is 0 Å². The summed E-state index contributed by atoms with van der Waals surface area (Å²) in [4.78, 5) is 1.58. The summed E-state index contributed by atoms with van der Waals surface area (Å²) in [5.74, 6) is -2.68. The van der Waals surface area contributed by atoms with Crippen LogP contribution >= 0.6 is 0 Å². The first kappa shape index (κ1) is 13.1. The Morgan fingerprint density at radius 1 is 1.43 bits per heavy atom. The smallest absolute Gasteiger partial charge is 0.264 e. The van der Waals surface area contributed by atoms with E-state index in [0.717, 1.165) is 12.6 Å². The summed E-state index contributed by atoms with van der Waals surface area (Å²) in [5, 5.41) is 0. The SMILES string of the molecule is C/C=C\C=C(/C)N(C)C(C)C(C)(F)F. The van der Waals surface area contributed by atoms with Gasteiger partial charge in [0.05, 0.1) is 6.04 Å². The van der Waals surface area contributed by atoms with Gasteiger partial charge in [0.2, 0.25) is 0 Å². The molecule has 0 aromatic carbocycles. The second kappa shape index (κ2) is 5.13. The number of hydrogen-bond donors (Lipinski definition) is 0. The van der Waals surface area contributed by atoms with E-state index in [1.54, 1.807) is 11.9 Å². The van der Waals surface area contributed by atoms with Gasteiger partial charge in [-0.1, -0.05) is 12.2 Å². The molecule has 1 nitrogen and oxygen atoms in total. The molecule has 3 heteroatoms. The van der Waals surface area contributed by atoms with Gasteiger partial charge < -0.3 is 4.90 Å². The standard InChI is InChI=1S/C11H19F2N/c1-6-7-8-9(2)14(5)10(3)11(4,12)13/h6-8,10H,1-5H3/b7-6-,9-8+. The Labute approximate surface area is 85.1 Å². The van der Waals surface area contributed by atoms with Gasteiger partial charge >= 0.3 is 0 Å². The van der Waals surface area contributed by atoms with Gasteiger partial charge in [-0.05, 0) is 26.8 Å². The second-order valence-electron chi connectivity index (χ2n) is 3.58. The fraction of sp³-hybridized carbons (Fsp3) is 0.636. The van der Waals surface area contributed by atoms with Crippen molar-refractivity contribution in [3.05, 3.63) is 23.9 Å². The molecule has 0 spiro atoms. The zero-order chi connectivity index (χ0) is 11.4. The predicted octanol–water partition coefficient (Wildman–Crippen LogP) is 3.44. The van der Waals surface area contributed by atoms with E-state index < -0.39 is 12.0 Å². The Kier molecular flexibility index (Phi) is 4.81. The first-order valence-corrected chi connectivity index (χ1v) is 4.71. The number of alkyl halides is 2. The van der Waals surface area contributed by atoms with Gasteiger partial charge in [0.15, 0.2) is 0 Å². The molecule has 0 bridgehead atoms. The third-order valence-electron chi connectivity index (χ3n) is 2.40. The van der Waals surface area contributed by atoms with Crippen LogP contribution in [0.15, 0.2) is 23.9 Å². The van der Waals surface area contributed by atoms with Crippen molar-refractivity contribution in [3.8, 4) is 0 Å². The van der Waals surface area contributed by atoms with Crippen molar-refractivity contribution >= 4 is 0 Å². The zero-order valence-corrected chi connectivity index (χ0v) is 9.51. The van der Waals surface area contributed by atoms with Crippen LogP contribution in [-0.2, 0) is 0 Å². The lowest BCUT2D eigenvalue weighted by Gasteiger charge is -2.31. The fourth-order valence-corrected chi connectivity index (χ4v) is 0.999. The molecule has 0 amide bonds. The molecule has 0 aliphatic carbocycles. The molecule has 0 aromatic rings. The molecule has 0 radical (unpaired) electrons. The molecule has 0 saturated heterocycles. The Bertz CT molecular complexity index is 226. The van der Waals surface area contributed by atoms with Gasteiger partial charge in [-0.3, -0.25) is 0 Å². The van der Waals surface area contributed by atoms with Gasteiger partial charge in [0.25, 0.3) is 5.92 Å². The Morgan fingerprint density at radius 2 is 1.93 bits per heavy atom. The minimum atomic E-state index is -2.68. The van der Waals surface area contributed by atoms with Crippen LogP contribution in [0.3, 0.4) is 0 Å². The number of allylic oxidation sites excluding steroid dienone is 4. The Balaban J connectivity index is 4.54. The Morgan fingerprint density at radius 3 is 2.29 bits per heavy atom. The summed E-state index contributed by atoms with van der Waals surface area (Å²) < 4.78 is 25.9. The van der Waals surface area contributed by atoms with Crippen LogP contribution < -0.4 is 0 Å². The molecule has 0 aromatic heterocycles. The normalized spacial score (nSPS) is 16.1. The van der Waals surface area contributed by atoms with E-state index in [2.05, 4.69) is 0 Å². The highest BCUT2D eigenvalue weighted by Crippen LogP contribution is 2.23. The molecule has 0 rings (SSSR count). The van der Waals surface area contributed by atoms with Crippen molar-refractivity contribution in [3.63, 3.8) is 0 Å². The average molecular weight is 203 g/mol. The number of nitrogens with zero attached hydrogens (tertiary/aromatic N) is 1. The maximum absolute atomic E-state index is 13.0. The second-order valence-corrected chi connectivity index (χ2v) is 3.58. The largest absolute Gasteiger partial charge is 0.369 e. The fourth-order valence-electron chi connectivity index (χ4n) is 0.999. The van der Waals surface area contributed by atoms with E-state index in [9.17, 15) is 8.78 Å². The molecule has 1 unspecified atom stereocenters. The van der Waals surface area contributed by atoms with Crippen molar-refractivity contribution in [1.82, 2.24) is 4.90 Å². The van der Waals surface area contributed by atoms with E-state index in [-0.39, 0.29) is 0 Å². The molecular weight excluding hydrogens is 184 g/mol. The molecular formula is C11H19F2N. The number of rotatable bonds is 4. The van der Waals surface area contributed by atoms with Crippen molar-refractivity contribution in [1.29, 1.82) is 0 Å². The van der Waals surface area contributed by atoms with Crippen LogP contribution in [0.25, 0.3) is 0 Å². The summed E-state index contributed by atoms with van der Waals surface area (Å²) in [6.07, 6.45) is 5.53. The molecule has 1 atom stereocenters. The molecule has 0 heterocycles. The van der Waals surface area contributed by atoms with Crippen molar-refractivity contribution < 1.29 is 8.78 Å². The van der Waals surface area contributed by atoms with Crippen LogP contribution in [0, 0.1) is 0 Å². The molecule has 0 aliphatic heterocycles. The molecule has 0 N–H and O–H groups in total. The quantitative estimate of drug-likeness (QED) is 0.633. The van der Waals surface area contributed by atoms with E-state index in [1.807, 2.05) is 32.1 Å². The third-order valence-corrected chi connectivity index (χ3v) is 2.40. The van der Waals surface area contributed by atoms with Crippen molar-refractivity contribution in [2.45, 2.75) is 39.7 Å². The summed E-state index contributed by atoms with van der Waals surface area (Å²) in [7, 11) is 1.68. The predicted molar refractivity (Wildman–Crippen MR) is 56.4 cm³/mol. The molecule has 0 fully saturated rings. The van der Waals surface area contributed by atoms with E-state index in [1.165, 1.54) is 6.92 Å². The average Bonchev–Trinajstić information content (AvgIpc) is 2.10. The molecule has 14 heavy (non-hydrogen) atoms. The maximum Gasteiger partial charge on any atom is 0.264 e. The van der Waals surface area contributed by atoms with Gasteiger partial charge in [-0.15, -0.1) is 0 Å². The Hall–Kier alpha value is -0.860. The first-order chi connectivity index (χ1) is 6.30. The molecule has 0 aliphatic rings. The summed E-state index contributed by atoms with van der Waals surface area (Å²) >= 11 is 0. The van der Waals surface area contributed by atoms with Crippen LogP contribution in [0.2, 0.25) is 0 Å². The molecule has 82 valence electrons. The highest BCUT2D eigenvalue weighted by molar-refractivity contribution is 5.10. The number of hydrogen-bond acceptors (Lipinski definition) is 1. The van der Waals surface area contributed by atoms with Crippen molar-refractivity contribution in [2.24, 2.45) is 0 Å². The van der Waals surface area contributed by atoms with E-state index >= 15 is 0 Å². The summed E-state index contributed by atoms with van der Waals surface area (Å²) in [5.41, 5.74) is 0.831. The van der Waals surface area contributed by atoms with Gasteiger partial charge in [-0.25, -0.2) is 8.78 Å². The van der Waals surface area contributed by atoms with Gasteiger partial charge in [0.1, 0.15) is 0 Å². The lowest BCUT2D eigenvalue weighted by Crippen LogP contribution is -2.40. The van der Waals surface area contributed by atoms with E-state index in [0.29, 0.717) is 0 Å². The van der Waals surface area contributed by atoms with Crippen LogP contribution in [0.4, 0.5) is 8.78 Å². The highest BCUT2D eigenvalue weighted by Gasteiger charge is 2.33. The third kappa shape index (κ3) is 3.90. The van der Waals surface area contributed by atoms with Crippen LogP contribution in [0.5, 0.6) is 0 Å².